The first-order chi connectivity index (χ1) is 9.74. The zero-order chi connectivity index (χ0) is 13.9. The Kier molecular flexibility index (Phi) is 3.33. The predicted molar refractivity (Wildman–Crippen MR) is 76.6 cm³/mol. The molecule has 2 aromatic rings. The number of aromatic nitrogens is 1. The van der Waals surface area contributed by atoms with Gasteiger partial charge in [0, 0.05) is 12.3 Å². The lowest BCUT2D eigenvalue weighted by molar-refractivity contribution is -0.384. The van der Waals surface area contributed by atoms with Gasteiger partial charge < -0.3 is 5.32 Å². The minimum Gasteiger partial charge on any atom is -0.363 e. The number of hydrogen-bond acceptors (Lipinski definition) is 4. The molecule has 1 aliphatic rings. The van der Waals surface area contributed by atoms with Crippen molar-refractivity contribution in [2.45, 2.75) is 25.3 Å². The van der Waals surface area contributed by atoms with E-state index in [0.717, 1.165) is 19.3 Å². The summed E-state index contributed by atoms with van der Waals surface area (Å²) < 4.78 is 0. The molecule has 0 aliphatic heterocycles. The second-order valence-electron chi connectivity index (χ2n) is 4.94. The van der Waals surface area contributed by atoms with Crippen LogP contribution >= 0.6 is 0 Å². The van der Waals surface area contributed by atoms with Crippen LogP contribution in [0.4, 0.5) is 11.5 Å². The maximum Gasteiger partial charge on any atom is 0.274 e. The number of nitrogens with zero attached hydrogens (tertiary/aromatic N) is 2. The molecule has 1 N–H and O–H groups in total. The molecule has 0 saturated carbocycles. The third-order valence-corrected chi connectivity index (χ3v) is 3.65. The highest BCUT2D eigenvalue weighted by Gasteiger charge is 2.20. The lowest BCUT2D eigenvalue weighted by Gasteiger charge is -2.26. The van der Waals surface area contributed by atoms with E-state index in [2.05, 4.69) is 22.4 Å². The van der Waals surface area contributed by atoms with Gasteiger partial charge in [0.15, 0.2) is 0 Å². The molecule has 20 heavy (non-hydrogen) atoms. The molecule has 102 valence electrons. The van der Waals surface area contributed by atoms with Crippen LogP contribution in [0.2, 0.25) is 0 Å². The highest BCUT2D eigenvalue weighted by Crippen LogP contribution is 2.32. The highest BCUT2D eigenvalue weighted by molar-refractivity contribution is 5.47. The first-order valence-electron chi connectivity index (χ1n) is 6.69. The fourth-order valence-electron chi connectivity index (χ4n) is 2.69. The SMILES string of the molecule is O=[N+]([O-])c1ccnc(NC2CCCc3ccccc32)c1. The second-order valence-corrected chi connectivity index (χ2v) is 4.94. The molecule has 1 atom stereocenters. The van der Waals surface area contributed by atoms with Crippen LogP contribution < -0.4 is 5.32 Å². The Balaban J connectivity index is 1.85. The Morgan fingerprint density at radius 2 is 2.15 bits per heavy atom. The lowest BCUT2D eigenvalue weighted by Crippen LogP contribution is -2.17. The summed E-state index contributed by atoms with van der Waals surface area (Å²) >= 11 is 0. The predicted octanol–water partition coefficient (Wildman–Crippen LogP) is 3.48. The average Bonchev–Trinajstić information content (AvgIpc) is 2.48. The van der Waals surface area contributed by atoms with E-state index in [-0.39, 0.29) is 11.7 Å². The maximum absolute atomic E-state index is 10.8. The summed E-state index contributed by atoms with van der Waals surface area (Å²) in [5.74, 6) is 0.556. The van der Waals surface area contributed by atoms with Crippen LogP contribution in [0.25, 0.3) is 0 Å². The van der Waals surface area contributed by atoms with Crippen molar-refractivity contribution >= 4 is 11.5 Å². The molecule has 5 heteroatoms. The van der Waals surface area contributed by atoms with Crippen molar-refractivity contribution in [3.63, 3.8) is 0 Å². The van der Waals surface area contributed by atoms with Crippen LogP contribution in [0.5, 0.6) is 0 Å². The fourth-order valence-corrected chi connectivity index (χ4v) is 2.69. The van der Waals surface area contributed by atoms with Gasteiger partial charge in [-0.3, -0.25) is 10.1 Å². The first kappa shape index (κ1) is 12.6. The summed E-state index contributed by atoms with van der Waals surface area (Å²) in [5.41, 5.74) is 2.68. The van der Waals surface area contributed by atoms with E-state index in [1.54, 1.807) is 0 Å². The van der Waals surface area contributed by atoms with Crippen molar-refractivity contribution in [3.8, 4) is 0 Å². The van der Waals surface area contributed by atoms with Gasteiger partial charge in [-0.15, -0.1) is 0 Å². The number of anilines is 1. The van der Waals surface area contributed by atoms with Crippen molar-refractivity contribution in [3.05, 3.63) is 63.8 Å². The molecular weight excluding hydrogens is 254 g/mol. The molecular formula is C15H15N3O2. The largest absolute Gasteiger partial charge is 0.363 e. The molecule has 3 rings (SSSR count). The molecule has 1 aromatic carbocycles. The molecule has 1 heterocycles. The van der Waals surface area contributed by atoms with Crippen LogP contribution in [0.15, 0.2) is 42.6 Å². The van der Waals surface area contributed by atoms with Crippen molar-refractivity contribution in [1.82, 2.24) is 4.98 Å². The van der Waals surface area contributed by atoms with E-state index in [0.29, 0.717) is 5.82 Å². The molecule has 1 aliphatic carbocycles. The summed E-state index contributed by atoms with van der Waals surface area (Å²) in [7, 11) is 0. The van der Waals surface area contributed by atoms with Gasteiger partial charge in [0.2, 0.25) is 0 Å². The minimum atomic E-state index is -0.401. The Morgan fingerprint density at radius 1 is 1.30 bits per heavy atom. The number of fused-ring (bicyclic) bond motifs is 1. The zero-order valence-corrected chi connectivity index (χ0v) is 11.0. The molecule has 0 radical (unpaired) electrons. The molecule has 5 nitrogen and oxygen atoms in total. The standard InChI is InChI=1S/C15H15N3O2/c19-18(20)12-8-9-16-15(10-12)17-14-7-3-5-11-4-1-2-6-13(11)14/h1-2,4,6,8-10,14H,3,5,7H2,(H,16,17). The molecule has 0 amide bonds. The van der Waals surface area contributed by atoms with E-state index in [9.17, 15) is 10.1 Å². The summed E-state index contributed by atoms with van der Waals surface area (Å²) in [6.45, 7) is 0. The second kappa shape index (κ2) is 5.28. The quantitative estimate of drug-likeness (QED) is 0.684. The van der Waals surface area contributed by atoms with Crippen LogP contribution in [-0.4, -0.2) is 9.91 Å². The highest BCUT2D eigenvalue weighted by atomic mass is 16.6. The maximum atomic E-state index is 10.8. The minimum absolute atomic E-state index is 0.0617. The average molecular weight is 269 g/mol. The topological polar surface area (TPSA) is 68.1 Å². The number of aryl methyl sites for hydroxylation is 1. The van der Waals surface area contributed by atoms with Gasteiger partial charge >= 0.3 is 0 Å². The van der Waals surface area contributed by atoms with E-state index >= 15 is 0 Å². The molecule has 0 saturated heterocycles. The lowest BCUT2D eigenvalue weighted by atomic mass is 9.88. The zero-order valence-electron chi connectivity index (χ0n) is 11.0. The van der Waals surface area contributed by atoms with Crippen LogP contribution in [0, 0.1) is 10.1 Å². The molecule has 1 aromatic heterocycles. The number of pyridine rings is 1. The Labute approximate surface area is 116 Å². The van der Waals surface area contributed by atoms with Crippen LogP contribution in [-0.2, 0) is 6.42 Å². The Hall–Kier alpha value is -2.43. The van der Waals surface area contributed by atoms with Gasteiger partial charge in [-0.1, -0.05) is 24.3 Å². The molecule has 0 spiro atoms. The van der Waals surface area contributed by atoms with Gasteiger partial charge in [0.25, 0.3) is 5.69 Å². The molecule has 0 bridgehead atoms. The van der Waals surface area contributed by atoms with Crippen molar-refractivity contribution in [1.29, 1.82) is 0 Å². The van der Waals surface area contributed by atoms with E-state index in [1.165, 1.54) is 29.5 Å². The monoisotopic (exact) mass is 269 g/mol. The summed E-state index contributed by atoms with van der Waals surface area (Å²) in [6.07, 6.45) is 4.69. The van der Waals surface area contributed by atoms with Gasteiger partial charge in [0.05, 0.1) is 17.0 Å². The number of rotatable bonds is 3. The van der Waals surface area contributed by atoms with E-state index in [1.807, 2.05) is 12.1 Å². The van der Waals surface area contributed by atoms with E-state index in [4.69, 9.17) is 0 Å². The van der Waals surface area contributed by atoms with Gasteiger partial charge in [-0.05, 0) is 30.4 Å². The smallest absolute Gasteiger partial charge is 0.274 e. The summed E-state index contributed by atoms with van der Waals surface area (Å²) in [6, 6.07) is 11.4. The Morgan fingerprint density at radius 3 is 3.00 bits per heavy atom. The van der Waals surface area contributed by atoms with Gasteiger partial charge in [-0.25, -0.2) is 4.98 Å². The van der Waals surface area contributed by atoms with Crippen molar-refractivity contribution in [2.24, 2.45) is 0 Å². The Bertz CT molecular complexity index is 643. The van der Waals surface area contributed by atoms with Crippen molar-refractivity contribution in [2.75, 3.05) is 5.32 Å². The van der Waals surface area contributed by atoms with E-state index < -0.39 is 4.92 Å². The third kappa shape index (κ3) is 2.47. The number of nitrogens with one attached hydrogen (secondary N) is 1. The van der Waals surface area contributed by atoms with Gasteiger partial charge in [-0.2, -0.15) is 0 Å². The number of benzene rings is 1. The third-order valence-electron chi connectivity index (χ3n) is 3.65. The molecule has 1 unspecified atom stereocenters. The van der Waals surface area contributed by atoms with Gasteiger partial charge in [0.1, 0.15) is 5.82 Å². The van der Waals surface area contributed by atoms with Crippen LogP contribution in [0.1, 0.15) is 30.0 Å². The number of hydrogen-bond donors (Lipinski definition) is 1. The molecule has 0 fully saturated rings. The summed E-state index contributed by atoms with van der Waals surface area (Å²) in [4.78, 5) is 14.6. The van der Waals surface area contributed by atoms with Crippen molar-refractivity contribution < 1.29 is 4.92 Å². The normalized spacial score (nSPS) is 17.3. The first-order valence-corrected chi connectivity index (χ1v) is 6.69. The summed E-state index contributed by atoms with van der Waals surface area (Å²) in [5, 5.41) is 14.1. The fraction of sp³-hybridized carbons (Fsp3) is 0.267. The number of nitro groups is 1. The van der Waals surface area contributed by atoms with Crippen LogP contribution in [0.3, 0.4) is 0 Å².